The zero-order valence-electron chi connectivity index (χ0n) is 12.5. The molecule has 0 radical (unpaired) electrons. The maximum absolute atomic E-state index is 10.5. The maximum Gasteiger partial charge on any atom is 0.302 e. The van der Waals surface area contributed by atoms with Crippen molar-refractivity contribution in [3.63, 3.8) is 0 Å². The second-order valence-electron chi connectivity index (χ2n) is 4.82. The number of oxime groups is 1. The number of rotatable bonds is 11. The van der Waals surface area contributed by atoms with Gasteiger partial charge in [0.2, 0.25) is 0 Å². The summed E-state index contributed by atoms with van der Waals surface area (Å²) in [5.41, 5.74) is -0.322. The van der Waals surface area contributed by atoms with Crippen molar-refractivity contribution in [1.29, 1.82) is 0 Å². The minimum atomic E-state index is -0.322. The van der Waals surface area contributed by atoms with Gasteiger partial charge in [-0.15, -0.1) is 5.16 Å². The molecule has 0 aliphatic carbocycles. The SMILES string of the molecule is COCOC[C@](C)(/C=N/O)CCC/C=C/COC(C)=O. The summed E-state index contributed by atoms with van der Waals surface area (Å²) in [5, 5.41) is 11.8. The van der Waals surface area contributed by atoms with Gasteiger partial charge in [-0.05, 0) is 19.3 Å². The minimum Gasteiger partial charge on any atom is -0.462 e. The van der Waals surface area contributed by atoms with Crippen molar-refractivity contribution >= 4 is 12.2 Å². The molecule has 6 heteroatoms. The van der Waals surface area contributed by atoms with Crippen LogP contribution in [-0.4, -0.2) is 44.5 Å². The van der Waals surface area contributed by atoms with Crippen LogP contribution in [0.15, 0.2) is 17.3 Å². The van der Waals surface area contributed by atoms with E-state index in [9.17, 15) is 4.79 Å². The lowest BCUT2D eigenvalue weighted by Gasteiger charge is -2.23. The van der Waals surface area contributed by atoms with Gasteiger partial charge < -0.3 is 19.4 Å². The van der Waals surface area contributed by atoms with Crippen LogP contribution in [0.5, 0.6) is 0 Å². The quantitative estimate of drug-likeness (QED) is 0.120. The van der Waals surface area contributed by atoms with Gasteiger partial charge in [0.1, 0.15) is 13.4 Å². The number of ether oxygens (including phenoxy) is 3. The average molecular weight is 287 g/mol. The van der Waals surface area contributed by atoms with Gasteiger partial charge in [-0.2, -0.15) is 0 Å². The first kappa shape index (κ1) is 18.6. The molecule has 0 aliphatic rings. The number of methoxy groups -OCH3 is 1. The number of unbranched alkanes of at least 4 members (excludes halogenated alkanes) is 1. The molecule has 20 heavy (non-hydrogen) atoms. The largest absolute Gasteiger partial charge is 0.462 e. The topological polar surface area (TPSA) is 77.3 Å². The fourth-order valence-electron chi connectivity index (χ4n) is 1.65. The molecule has 0 aromatic carbocycles. The van der Waals surface area contributed by atoms with Crippen LogP contribution in [0.2, 0.25) is 0 Å². The zero-order chi connectivity index (χ0) is 15.3. The number of hydrogen-bond donors (Lipinski definition) is 1. The third kappa shape index (κ3) is 10.5. The fourth-order valence-corrected chi connectivity index (χ4v) is 1.65. The molecule has 1 N–H and O–H groups in total. The summed E-state index contributed by atoms with van der Waals surface area (Å²) >= 11 is 0. The molecule has 0 spiro atoms. The first-order valence-corrected chi connectivity index (χ1v) is 6.58. The number of esters is 1. The van der Waals surface area contributed by atoms with Gasteiger partial charge in [-0.3, -0.25) is 4.79 Å². The van der Waals surface area contributed by atoms with E-state index in [4.69, 9.17) is 19.4 Å². The molecule has 0 rings (SSSR count). The Morgan fingerprint density at radius 2 is 2.15 bits per heavy atom. The molecule has 0 heterocycles. The van der Waals surface area contributed by atoms with E-state index in [2.05, 4.69) is 5.16 Å². The first-order valence-electron chi connectivity index (χ1n) is 6.58. The van der Waals surface area contributed by atoms with Crippen molar-refractivity contribution in [1.82, 2.24) is 0 Å². The highest BCUT2D eigenvalue weighted by Crippen LogP contribution is 2.22. The number of allylic oxidation sites excluding steroid dienone is 1. The van der Waals surface area contributed by atoms with Gasteiger partial charge >= 0.3 is 5.97 Å². The van der Waals surface area contributed by atoms with Crippen LogP contribution in [0.1, 0.15) is 33.1 Å². The summed E-state index contributed by atoms with van der Waals surface area (Å²) in [6.45, 7) is 4.30. The van der Waals surface area contributed by atoms with Gasteiger partial charge in [0.25, 0.3) is 0 Å². The van der Waals surface area contributed by atoms with E-state index in [1.165, 1.54) is 13.1 Å². The van der Waals surface area contributed by atoms with Crippen molar-refractivity contribution in [2.45, 2.75) is 33.1 Å². The molecule has 0 saturated heterocycles. The van der Waals surface area contributed by atoms with Gasteiger partial charge in [-0.25, -0.2) is 0 Å². The Hall–Kier alpha value is -1.40. The van der Waals surface area contributed by atoms with Crippen LogP contribution < -0.4 is 0 Å². The second-order valence-corrected chi connectivity index (χ2v) is 4.82. The van der Waals surface area contributed by atoms with Crippen molar-refractivity contribution in [2.24, 2.45) is 10.6 Å². The van der Waals surface area contributed by atoms with E-state index in [1.54, 1.807) is 7.11 Å². The van der Waals surface area contributed by atoms with Crippen molar-refractivity contribution in [2.75, 3.05) is 27.1 Å². The van der Waals surface area contributed by atoms with Crippen LogP contribution in [0, 0.1) is 5.41 Å². The van der Waals surface area contributed by atoms with E-state index < -0.39 is 0 Å². The molecule has 116 valence electrons. The normalized spacial score (nSPS) is 14.8. The number of carbonyl (C=O) groups is 1. The summed E-state index contributed by atoms with van der Waals surface area (Å²) < 4.78 is 14.9. The molecule has 1 atom stereocenters. The minimum absolute atomic E-state index is 0.219. The monoisotopic (exact) mass is 287 g/mol. The molecule has 0 aromatic rings. The molecule has 0 saturated carbocycles. The fraction of sp³-hybridized carbons (Fsp3) is 0.714. The molecule has 0 fully saturated rings. The van der Waals surface area contributed by atoms with Gasteiger partial charge in [0, 0.05) is 19.4 Å². The Balaban J connectivity index is 3.93. The van der Waals surface area contributed by atoms with Crippen LogP contribution in [0.3, 0.4) is 0 Å². The predicted octanol–water partition coefficient (Wildman–Crippen LogP) is 2.36. The van der Waals surface area contributed by atoms with Gasteiger partial charge in [0.05, 0.1) is 12.8 Å². The average Bonchev–Trinajstić information content (AvgIpc) is 2.38. The van der Waals surface area contributed by atoms with Gasteiger partial charge in [0.15, 0.2) is 0 Å². The maximum atomic E-state index is 10.5. The molecule has 6 nitrogen and oxygen atoms in total. The molecule has 0 aliphatic heterocycles. The highest BCUT2D eigenvalue weighted by atomic mass is 16.7. The first-order chi connectivity index (χ1) is 9.54. The van der Waals surface area contributed by atoms with Crippen molar-refractivity contribution in [3.8, 4) is 0 Å². The van der Waals surface area contributed by atoms with E-state index >= 15 is 0 Å². The van der Waals surface area contributed by atoms with E-state index in [-0.39, 0.29) is 18.2 Å². The number of hydrogen-bond acceptors (Lipinski definition) is 6. The smallest absolute Gasteiger partial charge is 0.302 e. The van der Waals surface area contributed by atoms with E-state index in [1.807, 2.05) is 19.1 Å². The lowest BCUT2D eigenvalue weighted by molar-refractivity contribution is -0.139. The van der Waals surface area contributed by atoms with Gasteiger partial charge in [-0.1, -0.05) is 19.1 Å². The van der Waals surface area contributed by atoms with Crippen LogP contribution >= 0.6 is 0 Å². The Morgan fingerprint density at radius 3 is 2.75 bits per heavy atom. The standard InChI is InChI=1S/C14H25NO5/c1-13(16)20-9-7-5-4-6-8-14(2,10-15-17)11-19-12-18-3/h5,7,10,17H,4,6,8-9,11-12H2,1-3H3/b7-5+,15-10+/t14-/m0/s1. The molecular weight excluding hydrogens is 262 g/mol. The van der Waals surface area contributed by atoms with Crippen LogP contribution in [0.4, 0.5) is 0 Å². The Labute approximate surface area is 120 Å². The predicted molar refractivity (Wildman–Crippen MR) is 75.8 cm³/mol. The lowest BCUT2D eigenvalue weighted by atomic mass is 9.87. The third-order valence-electron chi connectivity index (χ3n) is 2.67. The molecule has 0 bridgehead atoms. The summed E-state index contributed by atoms with van der Waals surface area (Å²) in [6.07, 6.45) is 7.87. The molecule has 0 unspecified atom stereocenters. The van der Waals surface area contributed by atoms with E-state index in [0.29, 0.717) is 13.2 Å². The Morgan fingerprint density at radius 1 is 1.40 bits per heavy atom. The summed E-state index contributed by atoms with van der Waals surface area (Å²) in [4.78, 5) is 10.5. The van der Waals surface area contributed by atoms with Crippen LogP contribution in [-0.2, 0) is 19.0 Å². The van der Waals surface area contributed by atoms with Crippen molar-refractivity contribution in [3.05, 3.63) is 12.2 Å². The highest BCUT2D eigenvalue weighted by molar-refractivity contribution is 5.66. The zero-order valence-corrected chi connectivity index (χ0v) is 12.5. The molecule has 0 aromatic heterocycles. The van der Waals surface area contributed by atoms with E-state index in [0.717, 1.165) is 19.3 Å². The molecular formula is C14H25NO5. The number of nitrogens with zero attached hydrogens (tertiary/aromatic N) is 1. The Bertz CT molecular complexity index is 317. The van der Waals surface area contributed by atoms with Crippen molar-refractivity contribution < 1.29 is 24.2 Å². The number of carbonyl (C=O) groups excluding carboxylic acids is 1. The van der Waals surface area contributed by atoms with Crippen LogP contribution in [0.25, 0.3) is 0 Å². The summed E-state index contributed by atoms with van der Waals surface area (Å²) in [5.74, 6) is -0.281. The molecule has 0 amide bonds. The highest BCUT2D eigenvalue weighted by Gasteiger charge is 2.22. The summed E-state index contributed by atoms with van der Waals surface area (Å²) in [7, 11) is 1.56. The Kier molecular flexibility index (Phi) is 10.6. The second kappa shape index (κ2) is 11.4. The lowest BCUT2D eigenvalue weighted by Crippen LogP contribution is -2.25. The summed E-state index contributed by atoms with van der Waals surface area (Å²) in [6, 6.07) is 0. The third-order valence-corrected chi connectivity index (χ3v) is 2.67.